The first-order valence-corrected chi connectivity index (χ1v) is 8.64. The van der Waals surface area contributed by atoms with E-state index >= 15 is 0 Å². The molecule has 24 heavy (non-hydrogen) atoms. The van der Waals surface area contributed by atoms with Crippen LogP contribution in [-0.2, 0) is 11.2 Å². The lowest BCUT2D eigenvalue weighted by atomic mass is 10.00. The maximum absolute atomic E-state index is 11.6. The molecule has 0 spiro atoms. The van der Waals surface area contributed by atoms with Gasteiger partial charge in [-0.15, -0.1) is 0 Å². The molecule has 1 heterocycles. The van der Waals surface area contributed by atoms with Gasteiger partial charge in [0.05, 0.1) is 0 Å². The molecule has 1 aromatic carbocycles. The Morgan fingerprint density at radius 2 is 2.29 bits per heavy atom. The summed E-state index contributed by atoms with van der Waals surface area (Å²) in [6, 6.07) is 6.29. The molecular weight excluding hydrogens is 304 g/mol. The smallest absolute Gasteiger partial charge is 0.317 e. The topological polar surface area (TPSA) is 64.7 Å². The number of hydrogen-bond donors (Lipinski definition) is 2. The van der Waals surface area contributed by atoms with Gasteiger partial charge in [0, 0.05) is 45.3 Å². The van der Waals surface area contributed by atoms with Crippen molar-refractivity contribution < 1.29 is 9.59 Å². The molecule has 3 rings (SSSR count). The lowest BCUT2D eigenvalue weighted by Crippen LogP contribution is -2.36. The second-order valence-corrected chi connectivity index (χ2v) is 6.81. The van der Waals surface area contributed by atoms with Gasteiger partial charge in [-0.1, -0.05) is 6.07 Å². The second-order valence-electron chi connectivity index (χ2n) is 6.81. The van der Waals surface area contributed by atoms with E-state index in [1.54, 1.807) is 0 Å². The second kappa shape index (κ2) is 7.21. The predicted octanol–water partition coefficient (Wildman–Crippen LogP) is 1.63. The van der Waals surface area contributed by atoms with E-state index in [9.17, 15) is 9.59 Å². The van der Waals surface area contributed by atoms with Crippen LogP contribution in [0.2, 0.25) is 0 Å². The van der Waals surface area contributed by atoms with E-state index in [-0.39, 0.29) is 11.9 Å². The van der Waals surface area contributed by atoms with Gasteiger partial charge < -0.3 is 20.4 Å². The lowest BCUT2D eigenvalue weighted by molar-refractivity contribution is -0.114. The van der Waals surface area contributed by atoms with Crippen LogP contribution >= 0.6 is 0 Å². The fourth-order valence-corrected chi connectivity index (χ4v) is 3.64. The van der Waals surface area contributed by atoms with Crippen molar-refractivity contribution >= 4 is 17.6 Å². The number of aryl methyl sites for hydroxylation is 1. The molecule has 6 heteroatoms. The number of anilines is 1. The van der Waals surface area contributed by atoms with E-state index in [4.69, 9.17) is 0 Å². The Hall–Kier alpha value is -2.08. The summed E-state index contributed by atoms with van der Waals surface area (Å²) in [6.45, 7) is 5.72. The summed E-state index contributed by atoms with van der Waals surface area (Å²) in [7, 11) is 2.11. The summed E-state index contributed by atoms with van der Waals surface area (Å²) in [5, 5.41) is 5.71. The molecule has 0 saturated carbocycles. The van der Waals surface area contributed by atoms with Gasteiger partial charge in [0.1, 0.15) is 0 Å². The highest BCUT2D eigenvalue weighted by Gasteiger charge is 2.25. The minimum Gasteiger partial charge on any atom is -0.336 e. The number of hydrogen-bond acceptors (Lipinski definition) is 3. The number of benzene rings is 1. The van der Waals surface area contributed by atoms with Gasteiger partial charge in [0.15, 0.2) is 0 Å². The van der Waals surface area contributed by atoms with Crippen molar-refractivity contribution in [3.05, 3.63) is 29.3 Å². The van der Waals surface area contributed by atoms with Crippen molar-refractivity contribution in [2.45, 2.75) is 25.7 Å². The van der Waals surface area contributed by atoms with Crippen LogP contribution in [0.5, 0.6) is 0 Å². The molecule has 3 amide bonds. The minimum atomic E-state index is -0.0366. The Morgan fingerprint density at radius 1 is 1.46 bits per heavy atom. The number of nitrogens with zero attached hydrogens (tertiary/aromatic N) is 2. The first kappa shape index (κ1) is 16.8. The number of rotatable bonds is 6. The molecule has 1 unspecified atom stereocenters. The van der Waals surface area contributed by atoms with Crippen molar-refractivity contribution in [2.24, 2.45) is 0 Å². The number of nitrogens with one attached hydrogen (secondary N) is 2. The summed E-state index contributed by atoms with van der Waals surface area (Å²) in [6.07, 6.45) is 2.25. The van der Waals surface area contributed by atoms with Crippen LogP contribution in [0.15, 0.2) is 18.2 Å². The molecule has 1 aromatic rings. The van der Waals surface area contributed by atoms with E-state index in [1.165, 1.54) is 18.1 Å². The summed E-state index contributed by atoms with van der Waals surface area (Å²) >= 11 is 0. The number of amides is 3. The first-order chi connectivity index (χ1) is 11.5. The number of fused-ring (bicyclic) bond motifs is 1. The third kappa shape index (κ3) is 3.87. The Kier molecular flexibility index (Phi) is 5.04. The van der Waals surface area contributed by atoms with E-state index in [0.29, 0.717) is 5.92 Å². The number of carbonyl (C=O) groups is 2. The largest absolute Gasteiger partial charge is 0.336 e. The summed E-state index contributed by atoms with van der Waals surface area (Å²) in [5.41, 5.74) is 3.62. The number of likely N-dealkylation sites (N-methyl/N-ethyl adjacent to an activating group) is 1. The molecule has 0 bridgehead atoms. The van der Waals surface area contributed by atoms with Crippen LogP contribution < -0.4 is 10.6 Å². The Balaban J connectivity index is 1.57. The third-order valence-corrected chi connectivity index (χ3v) is 4.90. The van der Waals surface area contributed by atoms with E-state index < -0.39 is 0 Å². The molecular formula is C18H26N4O2. The van der Waals surface area contributed by atoms with Gasteiger partial charge in [0.25, 0.3) is 0 Å². The highest BCUT2D eigenvalue weighted by molar-refractivity contribution is 5.88. The molecule has 130 valence electrons. The number of carbonyl (C=O) groups excluding carboxylic acids is 2. The minimum absolute atomic E-state index is 0.0366. The zero-order valence-electron chi connectivity index (χ0n) is 14.5. The summed E-state index contributed by atoms with van der Waals surface area (Å²) < 4.78 is 0. The molecule has 6 nitrogen and oxygen atoms in total. The summed E-state index contributed by atoms with van der Waals surface area (Å²) in [5.74, 6) is 0.455. The molecule has 2 aliphatic rings. The maximum Gasteiger partial charge on any atom is 0.317 e. The van der Waals surface area contributed by atoms with Gasteiger partial charge >= 0.3 is 6.03 Å². The van der Waals surface area contributed by atoms with Crippen molar-refractivity contribution in [2.75, 3.05) is 45.1 Å². The Labute approximate surface area is 143 Å². The molecule has 2 N–H and O–H groups in total. The van der Waals surface area contributed by atoms with Gasteiger partial charge in [0.2, 0.25) is 5.91 Å². The first-order valence-electron chi connectivity index (χ1n) is 8.64. The van der Waals surface area contributed by atoms with Gasteiger partial charge in [-0.05, 0) is 49.1 Å². The van der Waals surface area contributed by atoms with Crippen molar-refractivity contribution in [3.63, 3.8) is 0 Å². The number of urea groups is 1. The van der Waals surface area contributed by atoms with Crippen molar-refractivity contribution in [3.8, 4) is 0 Å². The zero-order valence-corrected chi connectivity index (χ0v) is 14.5. The quantitative estimate of drug-likeness (QED) is 0.833. The average molecular weight is 330 g/mol. The third-order valence-electron chi connectivity index (χ3n) is 4.90. The molecule has 0 aromatic heterocycles. The highest BCUT2D eigenvalue weighted by Crippen LogP contribution is 2.35. The lowest BCUT2D eigenvalue weighted by Gasteiger charge is -2.24. The Bertz CT molecular complexity index is 631. The normalized spacial score (nSPS) is 19.5. The fraction of sp³-hybridized carbons (Fsp3) is 0.556. The standard InChI is InChI=1S/C18H26N4O2/c1-13(23)20-16-6-5-14-3-4-15(17(14)11-16)12-21(2)9-10-22-8-7-19-18(22)24/h5-6,11,15H,3-4,7-10,12H2,1-2H3,(H,19,24)(H,20,23). The van der Waals surface area contributed by atoms with Crippen molar-refractivity contribution in [1.29, 1.82) is 0 Å². The van der Waals surface area contributed by atoms with Gasteiger partial charge in [-0.2, -0.15) is 0 Å². The highest BCUT2D eigenvalue weighted by atomic mass is 16.2. The predicted molar refractivity (Wildman–Crippen MR) is 94.3 cm³/mol. The monoisotopic (exact) mass is 330 g/mol. The average Bonchev–Trinajstić information content (AvgIpc) is 3.11. The van der Waals surface area contributed by atoms with Gasteiger partial charge in [-0.3, -0.25) is 4.79 Å². The van der Waals surface area contributed by atoms with Crippen LogP contribution in [0.1, 0.15) is 30.4 Å². The van der Waals surface area contributed by atoms with Crippen LogP contribution in [-0.4, -0.2) is 61.5 Å². The SMILES string of the molecule is CC(=O)Nc1ccc2c(c1)C(CN(C)CCN1CCNC1=O)CC2. The molecule has 1 aliphatic carbocycles. The molecule has 1 fully saturated rings. The van der Waals surface area contributed by atoms with Crippen LogP contribution in [0.3, 0.4) is 0 Å². The maximum atomic E-state index is 11.6. The van der Waals surface area contributed by atoms with E-state index in [1.807, 2.05) is 11.0 Å². The van der Waals surface area contributed by atoms with Crippen molar-refractivity contribution in [1.82, 2.24) is 15.1 Å². The fourth-order valence-electron chi connectivity index (χ4n) is 3.64. The Morgan fingerprint density at radius 3 is 3.00 bits per heavy atom. The zero-order chi connectivity index (χ0) is 17.1. The van der Waals surface area contributed by atoms with E-state index in [2.05, 4.69) is 34.7 Å². The van der Waals surface area contributed by atoms with E-state index in [0.717, 1.165) is 51.3 Å². The molecule has 0 radical (unpaired) electrons. The summed E-state index contributed by atoms with van der Waals surface area (Å²) in [4.78, 5) is 27.0. The molecule has 1 saturated heterocycles. The van der Waals surface area contributed by atoms with Crippen LogP contribution in [0.25, 0.3) is 0 Å². The van der Waals surface area contributed by atoms with Crippen LogP contribution in [0, 0.1) is 0 Å². The van der Waals surface area contributed by atoms with Crippen LogP contribution in [0.4, 0.5) is 10.5 Å². The van der Waals surface area contributed by atoms with Gasteiger partial charge in [-0.25, -0.2) is 4.79 Å². The molecule has 1 atom stereocenters. The molecule has 1 aliphatic heterocycles.